The zero-order valence-corrected chi connectivity index (χ0v) is 9.52. The summed E-state index contributed by atoms with van der Waals surface area (Å²) in [6, 6.07) is 0.953. The molecule has 8 heteroatoms. The molecule has 1 unspecified atom stereocenters. The molecule has 3 heterocycles. The quantitative estimate of drug-likeness (QED) is 0.503. The topological polar surface area (TPSA) is 123 Å². The highest BCUT2D eigenvalue weighted by molar-refractivity contribution is 5.31. The van der Waals surface area contributed by atoms with Crippen LogP contribution in [0.1, 0.15) is 0 Å². The Morgan fingerprint density at radius 2 is 2.39 bits per heavy atom. The van der Waals surface area contributed by atoms with Crippen molar-refractivity contribution in [1.29, 1.82) is 0 Å². The van der Waals surface area contributed by atoms with Crippen LogP contribution in [-0.2, 0) is 9.47 Å². The Labute approximate surface area is 103 Å². The highest BCUT2D eigenvalue weighted by atomic mass is 16.7. The molecule has 5 N–H and O–H groups in total. The van der Waals surface area contributed by atoms with Crippen molar-refractivity contribution < 1.29 is 24.2 Å². The molecule has 1 aromatic heterocycles. The lowest BCUT2D eigenvalue weighted by atomic mass is 9.88. The van der Waals surface area contributed by atoms with Crippen molar-refractivity contribution in [3.8, 4) is 0 Å². The fourth-order valence-corrected chi connectivity index (χ4v) is 2.36. The van der Waals surface area contributed by atoms with Gasteiger partial charge in [-0.1, -0.05) is 5.16 Å². The van der Waals surface area contributed by atoms with Gasteiger partial charge in [-0.15, -0.1) is 0 Å². The summed E-state index contributed by atoms with van der Waals surface area (Å²) in [7, 11) is 0. The summed E-state index contributed by atoms with van der Waals surface area (Å²) in [5.41, 5.74) is 4.56. The first-order chi connectivity index (χ1) is 8.66. The molecule has 0 spiro atoms. The second kappa shape index (κ2) is 4.18. The maximum atomic E-state index is 10.1. The molecule has 2 fully saturated rings. The number of nitrogens with two attached hydrogens (primary N) is 1. The molecule has 2 aliphatic rings. The van der Waals surface area contributed by atoms with Crippen molar-refractivity contribution in [3.05, 3.63) is 12.3 Å². The van der Waals surface area contributed by atoms with Gasteiger partial charge in [0.25, 0.3) is 0 Å². The van der Waals surface area contributed by atoms with E-state index < -0.39 is 30.1 Å². The van der Waals surface area contributed by atoms with Crippen molar-refractivity contribution in [1.82, 2.24) is 5.16 Å². The number of fused-ring (bicyclic) bond motifs is 2. The lowest BCUT2D eigenvalue weighted by Crippen LogP contribution is -2.65. The largest absolute Gasteiger partial charge is 0.388 e. The first kappa shape index (κ1) is 11.9. The van der Waals surface area contributed by atoms with Gasteiger partial charge in [-0.2, -0.15) is 0 Å². The van der Waals surface area contributed by atoms with Gasteiger partial charge in [-0.3, -0.25) is 0 Å². The third kappa shape index (κ3) is 1.62. The smallest absolute Gasteiger partial charge is 0.225 e. The van der Waals surface area contributed by atoms with Gasteiger partial charge >= 0.3 is 0 Å². The Hall–Kier alpha value is -1.19. The van der Waals surface area contributed by atoms with Crippen LogP contribution in [-0.4, -0.2) is 58.7 Å². The third-order valence-corrected chi connectivity index (χ3v) is 3.46. The van der Waals surface area contributed by atoms with Gasteiger partial charge < -0.3 is 35.3 Å². The molecule has 2 aliphatic heterocycles. The Morgan fingerprint density at radius 3 is 3.06 bits per heavy atom. The molecule has 2 bridgehead atoms. The summed E-state index contributed by atoms with van der Waals surface area (Å²) in [6.45, 7) is 0.234. The van der Waals surface area contributed by atoms with E-state index in [1.165, 1.54) is 6.20 Å². The van der Waals surface area contributed by atoms with Crippen molar-refractivity contribution in [2.45, 2.75) is 30.1 Å². The van der Waals surface area contributed by atoms with E-state index in [0.29, 0.717) is 5.88 Å². The maximum Gasteiger partial charge on any atom is 0.225 e. The van der Waals surface area contributed by atoms with E-state index in [-0.39, 0.29) is 13.2 Å². The number of rotatable bonds is 3. The number of nitrogens with zero attached hydrogens (tertiary/aromatic N) is 1. The Morgan fingerprint density at radius 1 is 1.56 bits per heavy atom. The number of ether oxygens (including phenoxy) is 2. The second-order valence-electron chi connectivity index (χ2n) is 4.55. The van der Waals surface area contributed by atoms with Gasteiger partial charge in [0.05, 0.1) is 12.8 Å². The van der Waals surface area contributed by atoms with Crippen LogP contribution in [0, 0.1) is 0 Å². The summed E-state index contributed by atoms with van der Waals surface area (Å²) in [6.07, 6.45) is -1.41. The molecule has 18 heavy (non-hydrogen) atoms. The number of aliphatic hydroxyl groups excluding tert-OH is 2. The van der Waals surface area contributed by atoms with Crippen LogP contribution in [0.3, 0.4) is 0 Å². The van der Waals surface area contributed by atoms with E-state index in [2.05, 4.69) is 10.5 Å². The predicted octanol–water partition coefficient (Wildman–Crippen LogP) is -1.74. The molecule has 0 amide bonds. The zero-order valence-electron chi connectivity index (χ0n) is 9.52. The van der Waals surface area contributed by atoms with E-state index in [1.54, 1.807) is 6.07 Å². The van der Waals surface area contributed by atoms with Crippen molar-refractivity contribution in [2.24, 2.45) is 5.73 Å². The molecule has 1 aromatic rings. The molecular weight excluding hydrogens is 242 g/mol. The summed E-state index contributed by atoms with van der Waals surface area (Å²) >= 11 is 0. The van der Waals surface area contributed by atoms with E-state index in [1.807, 2.05) is 0 Å². The highest BCUT2D eigenvalue weighted by Crippen LogP contribution is 2.37. The van der Waals surface area contributed by atoms with Gasteiger partial charge in [-0.05, 0) is 0 Å². The van der Waals surface area contributed by atoms with Crippen LogP contribution >= 0.6 is 0 Å². The van der Waals surface area contributed by atoms with Gasteiger partial charge in [0.1, 0.15) is 23.9 Å². The normalized spacial score (nSPS) is 43.1. The van der Waals surface area contributed by atoms with Gasteiger partial charge in [0, 0.05) is 12.6 Å². The molecular formula is C10H15N3O5. The first-order valence-electron chi connectivity index (χ1n) is 5.69. The molecule has 100 valence electrons. The SMILES string of the molecule is NC[C@@]12COC(O1)[C@H](Nc1ccno1)[C@@H](O)[C@H]2O. The number of hydrogen-bond donors (Lipinski definition) is 4. The Bertz CT molecular complexity index is 414. The predicted molar refractivity (Wildman–Crippen MR) is 58.5 cm³/mol. The molecule has 0 aromatic carbocycles. The Balaban J connectivity index is 1.81. The van der Waals surface area contributed by atoms with Crippen LogP contribution in [0.5, 0.6) is 0 Å². The standard InChI is InChI=1S/C10H15N3O5/c11-3-10-4-16-9(17-10)6(7(14)8(10)15)13-5-1-2-12-18-5/h1-2,6-9,13-15H,3-4,11H2/t6-,7-,8-,9?,10+/m1/s1. The molecule has 0 radical (unpaired) electrons. The minimum atomic E-state index is -1.12. The molecule has 5 atom stereocenters. The summed E-state index contributed by atoms with van der Waals surface area (Å²) in [5.74, 6) is 0.366. The van der Waals surface area contributed by atoms with Gasteiger partial charge in [0.15, 0.2) is 6.29 Å². The summed E-state index contributed by atoms with van der Waals surface area (Å²) in [4.78, 5) is 0. The summed E-state index contributed by atoms with van der Waals surface area (Å²) < 4.78 is 15.9. The summed E-state index contributed by atoms with van der Waals surface area (Å²) in [5, 5.41) is 26.6. The fraction of sp³-hybridized carbons (Fsp3) is 0.700. The molecule has 0 aliphatic carbocycles. The minimum Gasteiger partial charge on any atom is -0.388 e. The van der Waals surface area contributed by atoms with Crippen LogP contribution < -0.4 is 11.1 Å². The average molecular weight is 257 g/mol. The minimum absolute atomic E-state index is 0.0801. The van der Waals surface area contributed by atoms with Gasteiger partial charge in [0.2, 0.25) is 5.88 Å². The molecule has 8 nitrogen and oxygen atoms in total. The third-order valence-electron chi connectivity index (χ3n) is 3.46. The van der Waals surface area contributed by atoms with E-state index in [4.69, 9.17) is 19.7 Å². The maximum absolute atomic E-state index is 10.1. The first-order valence-corrected chi connectivity index (χ1v) is 5.69. The Kier molecular flexibility index (Phi) is 2.76. The van der Waals surface area contributed by atoms with E-state index >= 15 is 0 Å². The van der Waals surface area contributed by atoms with Crippen LogP contribution in [0.25, 0.3) is 0 Å². The lowest BCUT2D eigenvalue weighted by Gasteiger charge is -2.42. The van der Waals surface area contributed by atoms with Crippen LogP contribution in [0.15, 0.2) is 16.8 Å². The monoisotopic (exact) mass is 257 g/mol. The number of hydrogen-bond acceptors (Lipinski definition) is 8. The van der Waals surface area contributed by atoms with Crippen molar-refractivity contribution >= 4 is 5.88 Å². The van der Waals surface area contributed by atoms with E-state index in [0.717, 1.165) is 0 Å². The van der Waals surface area contributed by atoms with Crippen LogP contribution in [0.2, 0.25) is 0 Å². The number of nitrogens with one attached hydrogen (secondary N) is 1. The molecule has 2 saturated heterocycles. The highest BCUT2D eigenvalue weighted by Gasteiger charge is 2.58. The van der Waals surface area contributed by atoms with Crippen molar-refractivity contribution in [3.63, 3.8) is 0 Å². The lowest BCUT2D eigenvalue weighted by molar-refractivity contribution is -0.211. The van der Waals surface area contributed by atoms with Gasteiger partial charge in [-0.25, -0.2) is 0 Å². The zero-order chi connectivity index (χ0) is 12.8. The number of aliphatic hydroxyl groups is 2. The second-order valence-corrected chi connectivity index (χ2v) is 4.55. The fourth-order valence-electron chi connectivity index (χ4n) is 2.36. The van der Waals surface area contributed by atoms with E-state index in [9.17, 15) is 10.2 Å². The van der Waals surface area contributed by atoms with Crippen LogP contribution in [0.4, 0.5) is 5.88 Å². The molecule has 0 saturated carbocycles. The van der Waals surface area contributed by atoms with Crippen molar-refractivity contribution in [2.75, 3.05) is 18.5 Å². The number of anilines is 1. The molecule has 3 rings (SSSR count). The number of aromatic nitrogens is 1. The average Bonchev–Trinajstić information content (AvgIpc) is 3.01.